The molecule has 4 rings (SSSR count). The molecular formula is C24H20N4O4. The molecule has 8 heteroatoms. The predicted molar refractivity (Wildman–Crippen MR) is 120 cm³/mol. The van der Waals surface area contributed by atoms with Gasteiger partial charge in [-0.2, -0.15) is 0 Å². The number of carbonyl (C=O) groups is 2. The number of ether oxygens (including phenoxy) is 2. The zero-order valence-corrected chi connectivity index (χ0v) is 17.6. The summed E-state index contributed by atoms with van der Waals surface area (Å²) in [7, 11) is 2.77. The Hall–Kier alpha value is -4.29. The molecule has 0 unspecified atom stereocenters. The van der Waals surface area contributed by atoms with Crippen molar-refractivity contribution < 1.29 is 19.1 Å². The van der Waals surface area contributed by atoms with Gasteiger partial charge in [0.25, 0.3) is 0 Å². The van der Waals surface area contributed by atoms with E-state index in [1.807, 2.05) is 36.4 Å². The number of rotatable bonds is 5. The van der Waals surface area contributed by atoms with Gasteiger partial charge in [-0.25, -0.2) is 9.59 Å². The molecular weight excluding hydrogens is 408 g/mol. The third kappa shape index (κ3) is 3.87. The number of amides is 1. The van der Waals surface area contributed by atoms with E-state index in [-0.39, 0.29) is 23.8 Å². The summed E-state index contributed by atoms with van der Waals surface area (Å²) in [4.78, 5) is 28.8. The number of azide groups is 1. The van der Waals surface area contributed by atoms with Gasteiger partial charge in [0, 0.05) is 29.3 Å². The Labute approximate surface area is 184 Å². The summed E-state index contributed by atoms with van der Waals surface area (Å²) in [6.45, 7) is 0.164. The summed E-state index contributed by atoms with van der Waals surface area (Å²) in [5.41, 5.74) is 13.9. The van der Waals surface area contributed by atoms with Gasteiger partial charge in [-0.3, -0.25) is 4.90 Å². The van der Waals surface area contributed by atoms with Crippen molar-refractivity contribution in [1.29, 1.82) is 0 Å². The number of anilines is 1. The molecule has 3 aromatic carbocycles. The van der Waals surface area contributed by atoms with E-state index in [1.165, 1.54) is 37.3 Å². The van der Waals surface area contributed by atoms with Crippen LogP contribution in [0.15, 0.2) is 71.8 Å². The number of hydrogen-bond donors (Lipinski definition) is 0. The third-order valence-electron chi connectivity index (χ3n) is 5.48. The molecule has 0 aliphatic heterocycles. The van der Waals surface area contributed by atoms with Crippen LogP contribution in [0.5, 0.6) is 0 Å². The lowest BCUT2D eigenvalue weighted by Crippen LogP contribution is -2.28. The first-order chi connectivity index (χ1) is 15.5. The molecule has 0 spiro atoms. The van der Waals surface area contributed by atoms with Crippen molar-refractivity contribution in [3.63, 3.8) is 0 Å². The summed E-state index contributed by atoms with van der Waals surface area (Å²) in [5.74, 6) is -0.679. The monoisotopic (exact) mass is 428 g/mol. The highest BCUT2D eigenvalue weighted by molar-refractivity contribution is 5.94. The Bertz CT molecular complexity index is 1200. The van der Waals surface area contributed by atoms with E-state index in [2.05, 4.69) is 22.2 Å². The highest BCUT2D eigenvalue weighted by atomic mass is 16.6. The van der Waals surface area contributed by atoms with Crippen LogP contribution in [-0.4, -0.2) is 32.8 Å². The number of benzene rings is 3. The number of fused-ring (bicyclic) bond motifs is 3. The molecule has 0 fully saturated rings. The summed E-state index contributed by atoms with van der Waals surface area (Å²) in [5, 5.41) is 3.54. The molecule has 160 valence electrons. The SMILES string of the molecule is COC(=O)c1cc(N=[N+]=[N-])cc(N(C)C(=O)OCC2c3ccccc3-c3ccccc32)c1. The first kappa shape index (κ1) is 21.0. The van der Waals surface area contributed by atoms with Gasteiger partial charge in [0.1, 0.15) is 6.61 Å². The fourth-order valence-electron chi connectivity index (χ4n) is 3.93. The second kappa shape index (κ2) is 8.83. The lowest BCUT2D eigenvalue weighted by Gasteiger charge is -2.20. The zero-order valence-electron chi connectivity index (χ0n) is 17.6. The highest BCUT2D eigenvalue weighted by Gasteiger charge is 2.29. The van der Waals surface area contributed by atoms with Crippen LogP contribution in [0.3, 0.4) is 0 Å². The Morgan fingerprint density at radius 1 is 1.03 bits per heavy atom. The van der Waals surface area contributed by atoms with Crippen LogP contribution in [-0.2, 0) is 9.47 Å². The Morgan fingerprint density at radius 3 is 2.25 bits per heavy atom. The summed E-state index contributed by atoms with van der Waals surface area (Å²) < 4.78 is 10.4. The molecule has 3 aromatic rings. The Balaban J connectivity index is 1.56. The maximum atomic E-state index is 12.8. The molecule has 0 aromatic heterocycles. The fourth-order valence-corrected chi connectivity index (χ4v) is 3.93. The van der Waals surface area contributed by atoms with Crippen molar-refractivity contribution in [2.75, 3.05) is 25.7 Å². The molecule has 0 heterocycles. The lowest BCUT2D eigenvalue weighted by atomic mass is 9.98. The normalized spacial score (nSPS) is 11.7. The molecule has 32 heavy (non-hydrogen) atoms. The van der Waals surface area contributed by atoms with Crippen LogP contribution in [0.2, 0.25) is 0 Å². The zero-order chi connectivity index (χ0) is 22.7. The van der Waals surface area contributed by atoms with Gasteiger partial charge in [-0.15, -0.1) is 0 Å². The molecule has 1 amide bonds. The number of nitrogens with zero attached hydrogens (tertiary/aromatic N) is 4. The molecule has 0 bridgehead atoms. The van der Waals surface area contributed by atoms with Gasteiger partial charge >= 0.3 is 12.1 Å². The molecule has 1 aliphatic carbocycles. The van der Waals surface area contributed by atoms with E-state index in [0.717, 1.165) is 22.3 Å². The van der Waals surface area contributed by atoms with Crippen molar-refractivity contribution >= 4 is 23.4 Å². The van der Waals surface area contributed by atoms with E-state index in [4.69, 9.17) is 15.0 Å². The Morgan fingerprint density at radius 2 is 1.66 bits per heavy atom. The second-order valence-corrected chi connectivity index (χ2v) is 7.28. The standard InChI is InChI=1S/C24H20N4O4/c1-28(17-12-15(23(29)31-2)11-16(13-17)26-27-25)24(30)32-14-22-20-9-5-3-7-18(20)19-8-4-6-10-21(19)22/h3-13,22H,14H2,1-2H3. The minimum Gasteiger partial charge on any atom is -0.465 e. The van der Waals surface area contributed by atoms with Crippen LogP contribution in [0.1, 0.15) is 27.4 Å². The topological polar surface area (TPSA) is 105 Å². The summed E-state index contributed by atoms with van der Waals surface area (Å²) in [6, 6.07) is 20.5. The van der Waals surface area contributed by atoms with E-state index >= 15 is 0 Å². The predicted octanol–water partition coefficient (Wildman–Crippen LogP) is 5.80. The maximum Gasteiger partial charge on any atom is 0.414 e. The molecule has 8 nitrogen and oxygen atoms in total. The van der Waals surface area contributed by atoms with Gasteiger partial charge in [0.2, 0.25) is 0 Å². The maximum absolute atomic E-state index is 12.8. The molecule has 0 saturated heterocycles. The van der Waals surface area contributed by atoms with Crippen LogP contribution in [0.4, 0.5) is 16.2 Å². The first-order valence-electron chi connectivity index (χ1n) is 9.90. The highest BCUT2D eigenvalue weighted by Crippen LogP contribution is 2.44. The van der Waals surface area contributed by atoms with Crippen LogP contribution >= 0.6 is 0 Å². The number of methoxy groups -OCH3 is 1. The number of esters is 1. The number of carbonyl (C=O) groups excluding carboxylic acids is 2. The van der Waals surface area contributed by atoms with Crippen molar-refractivity contribution in [3.05, 3.63) is 93.9 Å². The average molecular weight is 428 g/mol. The summed E-state index contributed by atoms with van der Waals surface area (Å²) in [6.07, 6.45) is -0.597. The van der Waals surface area contributed by atoms with Gasteiger partial charge < -0.3 is 9.47 Å². The van der Waals surface area contributed by atoms with Gasteiger partial charge in [0.15, 0.2) is 0 Å². The van der Waals surface area contributed by atoms with E-state index < -0.39 is 12.1 Å². The minimum absolute atomic E-state index is 0.0695. The first-order valence-corrected chi connectivity index (χ1v) is 9.90. The average Bonchev–Trinajstić information content (AvgIpc) is 3.15. The van der Waals surface area contributed by atoms with Gasteiger partial charge in [0.05, 0.1) is 12.7 Å². The summed E-state index contributed by atoms with van der Waals surface area (Å²) >= 11 is 0. The third-order valence-corrected chi connectivity index (χ3v) is 5.48. The van der Waals surface area contributed by atoms with E-state index in [9.17, 15) is 9.59 Å². The van der Waals surface area contributed by atoms with E-state index in [0.29, 0.717) is 5.69 Å². The smallest absolute Gasteiger partial charge is 0.414 e. The lowest BCUT2D eigenvalue weighted by molar-refractivity contribution is 0.0600. The van der Waals surface area contributed by atoms with Crippen molar-refractivity contribution in [2.24, 2.45) is 5.11 Å². The molecule has 1 aliphatic rings. The Kier molecular flexibility index (Phi) is 5.79. The minimum atomic E-state index is -0.609. The molecule has 0 radical (unpaired) electrons. The van der Waals surface area contributed by atoms with E-state index in [1.54, 1.807) is 0 Å². The fraction of sp³-hybridized carbons (Fsp3) is 0.167. The molecule has 0 saturated carbocycles. The van der Waals surface area contributed by atoms with Crippen LogP contribution in [0, 0.1) is 0 Å². The van der Waals surface area contributed by atoms with Crippen LogP contribution in [0.25, 0.3) is 21.6 Å². The van der Waals surface area contributed by atoms with Crippen molar-refractivity contribution in [3.8, 4) is 11.1 Å². The van der Waals surface area contributed by atoms with Crippen molar-refractivity contribution in [1.82, 2.24) is 0 Å². The number of hydrogen-bond acceptors (Lipinski definition) is 5. The van der Waals surface area contributed by atoms with Crippen molar-refractivity contribution in [2.45, 2.75) is 5.92 Å². The largest absolute Gasteiger partial charge is 0.465 e. The van der Waals surface area contributed by atoms with Gasteiger partial charge in [-0.05, 0) is 46.0 Å². The second-order valence-electron chi connectivity index (χ2n) is 7.28. The van der Waals surface area contributed by atoms with Gasteiger partial charge in [-0.1, -0.05) is 53.6 Å². The van der Waals surface area contributed by atoms with Crippen LogP contribution < -0.4 is 4.90 Å². The molecule has 0 atom stereocenters. The molecule has 0 N–H and O–H groups in total. The quantitative estimate of drug-likeness (QED) is 0.222.